The van der Waals surface area contributed by atoms with Gasteiger partial charge in [-0.3, -0.25) is 4.68 Å². The Bertz CT molecular complexity index is 439. The molecule has 0 radical (unpaired) electrons. The molecule has 3 heteroatoms. The van der Waals surface area contributed by atoms with Crippen molar-refractivity contribution in [3.63, 3.8) is 0 Å². The minimum Gasteiger partial charge on any atom is -0.314 e. The van der Waals surface area contributed by atoms with Crippen LogP contribution < -0.4 is 5.32 Å². The van der Waals surface area contributed by atoms with E-state index in [0.717, 1.165) is 30.7 Å². The monoisotopic (exact) mass is 289 g/mol. The zero-order valence-corrected chi connectivity index (χ0v) is 13.7. The van der Waals surface area contributed by atoms with Gasteiger partial charge in [0.15, 0.2) is 0 Å². The van der Waals surface area contributed by atoms with Crippen molar-refractivity contribution in [2.24, 2.45) is 24.8 Å². The average molecular weight is 289 g/mol. The molecule has 1 aromatic heterocycles. The molecule has 0 amide bonds. The molecule has 2 aliphatic carbocycles. The molecular formula is C18H31N3. The molecule has 1 aromatic rings. The fraction of sp³-hybridized carbons (Fsp3) is 0.833. The van der Waals surface area contributed by atoms with Gasteiger partial charge in [0.2, 0.25) is 0 Å². The maximum atomic E-state index is 4.59. The molecule has 3 nitrogen and oxygen atoms in total. The molecule has 0 aliphatic heterocycles. The number of likely N-dealkylation sites (N-methyl/N-ethyl adjacent to an activating group) is 1. The lowest BCUT2D eigenvalue weighted by Crippen LogP contribution is -2.42. The summed E-state index contributed by atoms with van der Waals surface area (Å²) in [4.78, 5) is 0. The molecule has 4 atom stereocenters. The summed E-state index contributed by atoms with van der Waals surface area (Å²) >= 11 is 0. The third-order valence-corrected chi connectivity index (χ3v) is 5.81. The Labute approximate surface area is 129 Å². The van der Waals surface area contributed by atoms with Crippen molar-refractivity contribution in [2.45, 2.75) is 64.3 Å². The van der Waals surface area contributed by atoms with Crippen LogP contribution in [0.25, 0.3) is 0 Å². The third-order valence-electron chi connectivity index (χ3n) is 5.81. The van der Waals surface area contributed by atoms with Gasteiger partial charge in [0.25, 0.3) is 0 Å². The lowest BCUT2D eigenvalue weighted by molar-refractivity contribution is 0.109. The van der Waals surface area contributed by atoms with E-state index in [1.165, 1.54) is 50.6 Å². The van der Waals surface area contributed by atoms with E-state index in [9.17, 15) is 0 Å². The molecule has 0 spiro atoms. The lowest BCUT2D eigenvalue weighted by atomic mass is 9.66. The van der Waals surface area contributed by atoms with Gasteiger partial charge in [-0.25, -0.2) is 0 Å². The molecule has 0 saturated heterocycles. The van der Waals surface area contributed by atoms with E-state index in [-0.39, 0.29) is 0 Å². The van der Waals surface area contributed by atoms with Crippen molar-refractivity contribution in [3.8, 4) is 0 Å². The minimum atomic E-state index is 0.618. The van der Waals surface area contributed by atoms with Gasteiger partial charge in [-0.05, 0) is 49.6 Å². The number of hydrogen-bond acceptors (Lipinski definition) is 2. The van der Waals surface area contributed by atoms with Crippen LogP contribution in [0.1, 0.15) is 57.6 Å². The van der Waals surface area contributed by atoms with Gasteiger partial charge < -0.3 is 5.32 Å². The van der Waals surface area contributed by atoms with Gasteiger partial charge in [-0.2, -0.15) is 5.10 Å². The summed E-state index contributed by atoms with van der Waals surface area (Å²) in [6, 6.07) is 2.80. The molecule has 1 heterocycles. The zero-order valence-electron chi connectivity index (χ0n) is 13.7. The van der Waals surface area contributed by atoms with Crippen LogP contribution in [0.15, 0.2) is 12.3 Å². The average Bonchev–Trinajstić information content (AvgIpc) is 2.91. The summed E-state index contributed by atoms with van der Waals surface area (Å²) in [6.45, 7) is 3.31. The topological polar surface area (TPSA) is 29.9 Å². The number of fused-ring (bicyclic) bond motifs is 1. The maximum absolute atomic E-state index is 4.59. The summed E-state index contributed by atoms with van der Waals surface area (Å²) in [5.41, 5.74) is 1.24. The predicted molar refractivity (Wildman–Crippen MR) is 87.2 cm³/mol. The number of nitrogens with zero attached hydrogens (tertiary/aromatic N) is 2. The molecule has 2 aliphatic rings. The van der Waals surface area contributed by atoms with E-state index in [0.29, 0.717) is 6.04 Å². The Morgan fingerprint density at radius 1 is 1.24 bits per heavy atom. The van der Waals surface area contributed by atoms with Crippen LogP contribution in [0.5, 0.6) is 0 Å². The van der Waals surface area contributed by atoms with Crippen molar-refractivity contribution >= 4 is 0 Å². The summed E-state index contributed by atoms with van der Waals surface area (Å²) in [7, 11) is 2.01. The summed E-state index contributed by atoms with van der Waals surface area (Å²) in [5, 5.41) is 8.34. The number of rotatable bonds is 5. The second-order valence-corrected chi connectivity index (χ2v) is 7.23. The Morgan fingerprint density at radius 2 is 2.05 bits per heavy atom. The highest BCUT2D eigenvalue weighted by Gasteiger charge is 2.35. The first kappa shape index (κ1) is 15.1. The van der Waals surface area contributed by atoms with Gasteiger partial charge in [0.05, 0.1) is 5.69 Å². The molecule has 2 saturated carbocycles. The van der Waals surface area contributed by atoms with Crippen LogP contribution in [-0.2, 0) is 13.5 Å². The van der Waals surface area contributed by atoms with Crippen LogP contribution in [-0.4, -0.2) is 22.4 Å². The van der Waals surface area contributed by atoms with Gasteiger partial charge in [-0.15, -0.1) is 0 Å². The quantitative estimate of drug-likeness (QED) is 0.898. The Hall–Kier alpha value is -0.830. The van der Waals surface area contributed by atoms with E-state index >= 15 is 0 Å². The lowest BCUT2D eigenvalue weighted by Gasteiger charge is -2.42. The van der Waals surface area contributed by atoms with E-state index in [1.807, 2.05) is 11.7 Å². The van der Waals surface area contributed by atoms with Crippen LogP contribution in [0.4, 0.5) is 0 Å². The van der Waals surface area contributed by atoms with Gasteiger partial charge in [0, 0.05) is 25.7 Å². The fourth-order valence-corrected chi connectivity index (χ4v) is 4.74. The first-order valence-corrected chi connectivity index (χ1v) is 8.98. The smallest absolute Gasteiger partial charge is 0.0640 e. The van der Waals surface area contributed by atoms with Crippen molar-refractivity contribution < 1.29 is 0 Å². The molecule has 118 valence electrons. The van der Waals surface area contributed by atoms with Gasteiger partial charge in [0.1, 0.15) is 0 Å². The number of hydrogen-bond donors (Lipinski definition) is 1. The van der Waals surface area contributed by atoms with Crippen molar-refractivity contribution in [1.82, 2.24) is 15.1 Å². The summed E-state index contributed by atoms with van der Waals surface area (Å²) < 4.78 is 1.93. The number of aryl methyl sites for hydroxylation is 1. The number of aromatic nitrogens is 2. The Balaban J connectivity index is 1.63. The second kappa shape index (κ2) is 6.95. The third kappa shape index (κ3) is 3.68. The second-order valence-electron chi connectivity index (χ2n) is 7.23. The highest BCUT2D eigenvalue weighted by molar-refractivity contribution is 5.03. The van der Waals surface area contributed by atoms with Gasteiger partial charge >= 0.3 is 0 Å². The van der Waals surface area contributed by atoms with Crippen LogP contribution in [0, 0.1) is 17.8 Å². The standard InChI is InChI=1S/C18H31N3/c1-3-19-18(13-17-10-11-21(2)20-17)16-9-8-14-6-4-5-7-15(14)12-16/h10-11,14-16,18-19H,3-9,12-13H2,1-2H3. The van der Waals surface area contributed by atoms with Crippen LogP contribution in [0.3, 0.4) is 0 Å². The van der Waals surface area contributed by atoms with E-state index in [4.69, 9.17) is 0 Å². The largest absolute Gasteiger partial charge is 0.314 e. The SMILES string of the molecule is CCNC(Cc1ccn(C)n1)C1CCC2CCCCC2C1. The Kier molecular flexibility index (Phi) is 4.99. The normalized spacial score (nSPS) is 30.9. The van der Waals surface area contributed by atoms with Crippen molar-refractivity contribution in [2.75, 3.05) is 6.54 Å². The van der Waals surface area contributed by atoms with E-state index in [1.54, 1.807) is 0 Å². The van der Waals surface area contributed by atoms with E-state index < -0.39 is 0 Å². The molecule has 1 N–H and O–H groups in total. The first-order valence-electron chi connectivity index (χ1n) is 8.98. The zero-order chi connectivity index (χ0) is 14.7. The maximum Gasteiger partial charge on any atom is 0.0640 e. The van der Waals surface area contributed by atoms with Crippen molar-refractivity contribution in [1.29, 1.82) is 0 Å². The van der Waals surface area contributed by atoms with Gasteiger partial charge in [-0.1, -0.05) is 32.6 Å². The molecule has 21 heavy (non-hydrogen) atoms. The molecule has 4 unspecified atom stereocenters. The predicted octanol–water partition coefficient (Wildman–Crippen LogP) is 3.55. The molecule has 3 rings (SSSR count). The Morgan fingerprint density at radius 3 is 2.76 bits per heavy atom. The summed E-state index contributed by atoms with van der Waals surface area (Å²) in [6.07, 6.45) is 13.5. The molecule has 0 bridgehead atoms. The highest BCUT2D eigenvalue weighted by atomic mass is 15.2. The number of nitrogens with one attached hydrogen (secondary N) is 1. The summed E-state index contributed by atoms with van der Waals surface area (Å²) in [5.74, 6) is 2.92. The van der Waals surface area contributed by atoms with Crippen molar-refractivity contribution in [3.05, 3.63) is 18.0 Å². The molecule has 0 aromatic carbocycles. The molecular weight excluding hydrogens is 258 g/mol. The highest BCUT2D eigenvalue weighted by Crippen LogP contribution is 2.43. The first-order chi connectivity index (χ1) is 10.3. The fourth-order valence-electron chi connectivity index (χ4n) is 4.74. The van der Waals surface area contributed by atoms with Crippen LogP contribution >= 0.6 is 0 Å². The van der Waals surface area contributed by atoms with Crippen LogP contribution in [0.2, 0.25) is 0 Å². The van der Waals surface area contributed by atoms with E-state index in [2.05, 4.69) is 29.6 Å². The molecule has 2 fully saturated rings. The minimum absolute atomic E-state index is 0.618.